The lowest BCUT2D eigenvalue weighted by atomic mass is 10.1. The van der Waals surface area contributed by atoms with Crippen LogP contribution in [0, 0.1) is 0 Å². The van der Waals surface area contributed by atoms with E-state index in [4.69, 9.17) is 11.6 Å². The van der Waals surface area contributed by atoms with Gasteiger partial charge in [-0.2, -0.15) is 0 Å². The SMILES string of the molecule is [2H]C([2H])([2H])C([2H])([2H])CCCCC(=O)N[C@H]1CCOC1=O. The average Bonchev–Trinajstić information content (AvgIpc) is 2.69. The molecule has 1 amide bonds. The number of carbonyl (C=O) groups is 2. The Morgan fingerprint density at radius 3 is 3.20 bits per heavy atom. The summed E-state index contributed by atoms with van der Waals surface area (Å²) < 4.78 is 40.7. The van der Waals surface area contributed by atoms with E-state index in [0.717, 1.165) is 0 Å². The molecule has 0 aromatic carbocycles. The first-order valence-corrected chi connectivity index (χ1v) is 5.09. The summed E-state index contributed by atoms with van der Waals surface area (Å²) in [5, 5.41) is 2.54. The molecule has 1 N–H and O–H groups in total. The van der Waals surface area contributed by atoms with Crippen molar-refractivity contribution in [2.24, 2.45) is 0 Å². The van der Waals surface area contributed by atoms with Gasteiger partial charge in [-0.25, -0.2) is 4.79 Å². The number of hydrogen-bond donors (Lipinski definition) is 1. The third kappa shape index (κ3) is 4.32. The minimum absolute atomic E-state index is 0.123. The summed E-state index contributed by atoms with van der Waals surface area (Å²) in [6.07, 6.45) is -1.08. The molecule has 4 heteroatoms. The fraction of sp³-hybridized carbons (Fsp3) is 0.818. The molecule has 0 unspecified atom stereocenters. The first-order valence-electron chi connectivity index (χ1n) is 7.59. The number of unbranched alkanes of at least 4 members (excludes halogenated alkanes) is 1. The molecule has 0 aliphatic carbocycles. The lowest BCUT2D eigenvalue weighted by molar-refractivity contribution is -0.141. The molecule has 4 nitrogen and oxygen atoms in total. The summed E-state index contributed by atoms with van der Waals surface area (Å²) in [5.74, 6) is -0.736. The largest absolute Gasteiger partial charge is 0.464 e. The highest BCUT2D eigenvalue weighted by Gasteiger charge is 2.27. The maximum absolute atomic E-state index is 11.5. The fourth-order valence-electron chi connectivity index (χ4n) is 1.39. The Labute approximate surface area is 97.4 Å². The number of ether oxygens (including phenoxy) is 1. The van der Waals surface area contributed by atoms with Crippen LogP contribution in [0.25, 0.3) is 0 Å². The highest BCUT2D eigenvalue weighted by molar-refractivity contribution is 5.85. The number of carbonyl (C=O) groups excluding carboxylic acids is 2. The number of cyclic esters (lactones) is 1. The number of hydrogen-bond acceptors (Lipinski definition) is 3. The molecule has 0 radical (unpaired) electrons. The van der Waals surface area contributed by atoms with Gasteiger partial charge in [-0.3, -0.25) is 4.79 Å². The van der Waals surface area contributed by atoms with Crippen molar-refractivity contribution >= 4 is 11.9 Å². The van der Waals surface area contributed by atoms with Crippen LogP contribution < -0.4 is 5.32 Å². The Balaban J connectivity index is 2.21. The summed E-state index contributed by atoms with van der Waals surface area (Å²) >= 11 is 0. The Morgan fingerprint density at radius 2 is 2.53 bits per heavy atom. The van der Waals surface area contributed by atoms with E-state index in [2.05, 4.69) is 5.32 Å². The molecule has 1 atom stereocenters. The number of amides is 1. The van der Waals surface area contributed by atoms with Gasteiger partial charge in [0.25, 0.3) is 0 Å². The van der Waals surface area contributed by atoms with Crippen LogP contribution in [-0.4, -0.2) is 24.5 Å². The predicted molar refractivity (Wildman–Crippen MR) is 56.3 cm³/mol. The van der Waals surface area contributed by atoms with Crippen molar-refractivity contribution in [1.29, 1.82) is 0 Å². The molecule has 0 aromatic rings. The van der Waals surface area contributed by atoms with Crippen molar-refractivity contribution in [2.45, 2.75) is 51.4 Å². The summed E-state index contributed by atoms with van der Waals surface area (Å²) in [4.78, 5) is 22.7. The Hall–Kier alpha value is -1.06. The summed E-state index contributed by atoms with van der Waals surface area (Å²) in [6, 6.07) is -0.587. The molecule has 15 heavy (non-hydrogen) atoms. The van der Waals surface area contributed by atoms with E-state index in [1.165, 1.54) is 0 Å². The molecule has 1 rings (SSSR count). The molecule has 0 bridgehead atoms. The summed E-state index contributed by atoms with van der Waals surface area (Å²) in [7, 11) is 0. The van der Waals surface area contributed by atoms with Gasteiger partial charge in [-0.05, 0) is 6.42 Å². The van der Waals surface area contributed by atoms with E-state index in [9.17, 15) is 9.59 Å². The quantitative estimate of drug-likeness (QED) is 0.541. The molecule has 1 aliphatic rings. The van der Waals surface area contributed by atoms with E-state index in [1.807, 2.05) is 0 Å². The third-order valence-corrected chi connectivity index (χ3v) is 2.23. The van der Waals surface area contributed by atoms with Gasteiger partial charge in [0, 0.05) is 19.7 Å². The van der Waals surface area contributed by atoms with Gasteiger partial charge in [0.05, 0.1) is 6.61 Å². The van der Waals surface area contributed by atoms with Gasteiger partial charge < -0.3 is 10.1 Å². The van der Waals surface area contributed by atoms with Crippen LogP contribution in [0.15, 0.2) is 0 Å². The van der Waals surface area contributed by atoms with Gasteiger partial charge >= 0.3 is 5.97 Å². The van der Waals surface area contributed by atoms with Crippen molar-refractivity contribution < 1.29 is 21.2 Å². The van der Waals surface area contributed by atoms with Crippen molar-refractivity contribution in [3.63, 3.8) is 0 Å². The van der Waals surface area contributed by atoms with E-state index in [1.54, 1.807) is 0 Å². The van der Waals surface area contributed by atoms with Crippen LogP contribution in [0.1, 0.15) is 52.2 Å². The van der Waals surface area contributed by atoms with Gasteiger partial charge in [-0.15, -0.1) is 0 Å². The molecule has 1 fully saturated rings. The Bertz CT molecular complexity index is 370. The number of rotatable bonds is 6. The molecule has 1 aliphatic heterocycles. The summed E-state index contributed by atoms with van der Waals surface area (Å²) in [5.41, 5.74) is 0. The van der Waals surface area contributed by atoms with E-state index in [0.29, 0.717) is 25.9 Å². The molecule has 0 spiro atoms. The van der Waals surface area contributed by atoms with Crippen molar-refractivity contribution in [2.75, 3.05) is 6.61 Å². The van der Waals surface area contributed by atoms with Gasteiger partial charge in [-0.1, -0.05) is 26.1 Å². The van der Waals surface area contributed by atoms with Crippen molar-refractivity contribution in [1.82, 2.24) is 5.32 Å². The zero-order chi connectivity index (χ0) is 15.4. The van der Waals surface area contributed by atoms with Crippen molar-refractivity contribution in [3.05, 3.63) is 0 Å². The lowest BCUT2D eigenvalue weighted by Crippen LogP contribution is -2.37. The Morgan fingerprint density at radius 1 is 1.67 bits per heavy atom. The standard InChI is InChI=1S/C11H19NO3/c1-2-3-4-5-6-10(13)12-9-7-8-15-11(9)14/h9H,2-8H2,1H3,(H,12,13)/t9-/m0/s1/i1D3,2D2. The predicted octanol–water partition coefficient (Wildman–Crippen LogP) is 1.39. The Kier molecular flexibility index (Phi) is 2.79. The highest BCUT2D eigenvalue weighted by atomic mass is 16.5. The number of nitrogens with one attached hydrogen (secondary N) is 1. The van der Waals surface area contributed by atoms with Crippen LogP contribution in [0.5, 0.6) is 0 Å². The van der Waals surface area contributed by atoms with E-state index >= 15 is 0 Å². The van der Waals surface area contributed by atoms with Gasteiger partial charge in [0.1, 0.15) is 6.04 Å². The minimum atomic E-state index is -2.65. The number of esters is 1. The average molecular weight is 218 g/mol. The fourth-order valence-corrected chi connectivity index (χ4v) is 1.39. The van der Waals surface area contributed by atoms with E-state index < -0.39 is 25.2 Å². The van der Waals surface area contributed by atoms with Gasteiger partial charge in [0.2, 0.25) is 5.91 Å². The molecule has 0 saturated carbocycles. The zero-order valence-corrected chi connectivity index (χ0v) is 8.54. The van der Waals surface area contributed by atoms with Crippen LogP contribution in [0.4, 0.5) is 0 Å². The normalized spacial score (nSPS) is 26.8. The van der Waals surface area contributed by atoms with Crippen LogP contribution in [0.3, 0.4) is 0 Å². The van der Waals surface area contributed by atoms with Crippen LogP contribution >= 0.6 is 0 Å². The zero-order valence-electron chi connectivity index (χ0n) is 13.5. The second-order valence-electron chi connectivity index (χ2n) is 3.46. The monoisotopic (exact) mass is 218 g/mol. The molecule has 0 aromatic heterocycles. The minimum Gasteiger partial charge on any atom is -0.464 e. The first kappa shape index (κ1) is 6.51. The second-order valence-corrected chi connectivity index (χ2v) is 3.46. The molecule has 1 saturated heterocycles. The van der Waals surface area contributed by atoms with Crippen molar-refractivity contribution in [3.8, 4) is 0 Å². The van der Waals surface area contributed by atoms with Crippen LogP contribution in [-0.2, 0) is 14.3 Å². The molecule has 86 valence electrons. The lowest BCUT2D eigenvalue weighted by Gasteiger charge is -2.08. The summed E-state index contributed by atoms with van der Waals surface area (Å²) in [6.45, 7) is -2.34. The molecular formula is C11H19NO3. The third-order valence-electron chi connectivity index (χ3n) is 2.23. The maximum atomic E-state index is 11.5. The molecular weight excluding hydrogens is 194 g/mol. The van der Waals surface area contributed by atoms with Crippen LogP contribution in [0.2, 0.25) is 0 Å². The van der Waals surface area contributed by atoms with E-state index in [-0.39, 0.29) is 18.7 Å². The highest BCUT2D eigenvalue weighted by Crippen LogP contribution is 2.07. The first-order chi connectivity index (χ1) is 9.13. The maximum Gasteiger partial charge on any atom is 0.328 e. The molecule has 1 heterocycles. The topological polar surface area (TPSA) is 55.4 Å². The second kappa shape index (κ2) is 6.43. The smallest absolute Gasteiger partial charge is 0.328 e. The van der Waals surface area contributed by atoms with Gasteiger partial charge in [0.15, 0.2) is 0 Å².